The number of urea groups is 1. The summed E-state index contributed by atoms with van der Waals surface area (Å²) in [5, 5.41) is 12.0. The summed E-state index contributed by atoms with van der Waals surface area (Å²) >= 11 is 0. The molecule has 1 aromatic rings. The van der Waals surface area contributed by atoms with Crippen LogP contribution in [-0.2, 0) is 6.18 Å². The highest BCUT2D eigenvalue weighted by atomic mass is 19.4. The van der Waals surface area contributed by atoms with Crippen LogP contribution < -0.4 is 5.32 Å². The number of rotatable bonds is 4. The molecule has 134 valence electrons. The lowest BCUT2D eigenvalue weighted by Gasteiger charge is -2.32. The van der Waals surface area contributed by atoms with Crippen LogP contribution in [0.15, 0.2) is 24.3 Å². The Hall–Kier alpha value is -1.76. The third kappa shape index (κ3) is 4.87. The molecule has 0 bridgehead atoms. The predicted molar refractivity (Wildman–Crippen MR) is 84.6 cm³/mol. The number of amides is 2. The monoisotopic (exact) mass is 344 g/mol. The van der Waals surface area contributed by atoms with Gasteiger partial charge in [-0.05, 0) is 42.4 Å². The quantitative estimate of drug-likeness (QED) is 0.881. The number of hydrogen-bond acceptors (Lipinski definition) is 2. The van der Waals surface area contributed by atoms with Crippen molar-refractivity contribution in [3.05, 3.63) is 35.4 Å². The van der Waals surface area contributed by atoms with Crippen molar-refractivity contribution in [3.63, 3.8) is 0 Å². The first kappa shape index (κ1) is 18.6. The number of alkyl halides is 3. The van der Waals surface area contributed by atoms with Crippen molar-refractivity contribution < 1.29 is 23.1 Å². The highest BCUT2D eigenvalue weighted by molar-refractivity contribution is 5.74. The van der Waals surface area contributed by atoms with Crippen molar-refractivity contribution in [1.29, 1.82) is 0 Å². The van der Waals surface area contributed by atoms with Crippen LogP contribution in [0.3, 0.4) is 0 Å². The van der Waals surface area contributed by atoms with Crippen molar-refractivity contribution in [2.45, 2.75) is 31.9 Å². The molecule has 0 radical (unpaired) electrons. The van der Waals surface area contributed by atoms with Crippen LogP contribution in [0, 0.1) is 5.92 Å². The van der Waals surface area contributed by atoms with E-state index in [-0.39, 0.29) is 24.5 Å². The highest BCUT2D eigenvalue weighted by Crippen LogP contribution is 2.30. The standard InChI is InChI=1S/C17H23F3N2O2/c1-12(14-4-6-15(7-5-14)17(18,19)20)9-21-16(24)22-8-2-3-13(10-22)11-23/h4-7,12-13,23H,2-3,8-11H2,1H3,(H,21,24). The molecule has 1 aliphatic rings. The Kier molecular flexibility index (Phi) is 6.10. The van der Waals surface area contributed by atoms with Gasteiger partial charge in [-0.15, -0.1) is 0 Å². The van der Waals surface area contributed by atoms with E-state index in [1.54, 1.807) is 4.90 Å². The zero-order valence-electron chi connectivity index (χ0n) is 13.6. The van der Waals surface area contributed by atoms with E-state index in [0.717, 1.165) is 30.5 Å². The maximum absolute atomic E-state index is 12.6. The largest absolute Gasteiger partial charge is 0.416 e. The average Bonchev–Trinajstić information content (AvgIpc) is 2.58. The van der Waals surface area contributed by atoms with Gasteiger partial charge in [-0.2, -0.15) is 13.2 Å². The number of carbonyl (C=O) groups excluding carboxylic acids is 1. The second kappa shape index (κ2) is 7.88. The zero-order chi connectivity index (χ0) is 17.7. The molecule has 0 spiro atoms. The lowest BCUT2D eigenvalue weighted by molar-refractivity contribution is -0.137. The molecule has 4 nitrogen and oxygen atoms in total. The number of piperidine rings is 1. The highest BCUT2D eigenvalue weighted by Gasteiger charge is 2.30. The first-order chi connectivity index (χ1) is 11.3. The average molecular weight is 344 g/mol. The Bertz CT molecular complexity index is 546. The molecule has 1 aromatic carbocycles. The Morgan fingerprint density at radius 1 is 1.38 bits per heavy atom. The topological polar surface area (TPSA) is 52.6 Å². The third-order valence-electron chi connectivity index (χ3n) is 4.43. The van der Waals surface area contributed by atoms with Gasteiger partial charge in [-0.1, -0.05) is 19.1 Å². The molecule has 1 aliphatic heterocycles. The maximum atomic E-state index is 12.6. The molecule has 2 rings (SSSR count). The summed E-state index contributed by atoms with van der Waals surface area (Å²) in [6.45, 7) is 3.49. The van der Waals surface area contributed by atoms with Gasteiger partial charge in [0.05, 0.1) is 5.56 Å². The van der Waals surface area contributed by atoms with Crippen LogP contribution in [0.1, 0.15) is 36.8 Å². The van der Waals surface area contributed by atoms with Gasteiger partial charge in [0.1, 0.15) is 0 Å². The van der Waals surface area contributed by atoms with E-state index >= 15 is 0 Å². The summed E-state index contributed by atoms with van der Waals surface area (Å²) in [5.74, 6) is 0.0338. The number of nitrogens with zero attached hydrogens (tertiary/aromatic N) is 1. The van der Waals surface area contributed by atoms with E-state index in [0.29, 0.717) is 19.6 Å². The van der Waals surface area contributed by atoms with Crippen molar-refractivity contribution in [2.24, 2.45) is 5.92 Å². The predicted octanol–water partition coefficient (Wildman–Crippen LogP) is 3.22. The van der Waals surface area contributed by atoms with E-state index in [1.807, 2.05) is 6.92 Å². The molecule has 1 fully saturated rings. The Morgan fingerprint density at radius 3 is 2.62 bits per heavy atom. The molecule has 2 amide bonds. The minimum Gasteiger partial charge on any atom is -0.396 e. The van der Waals surface area contributed by atoms with E-state index in [1.165, 1.54) is 12.1 Å². The van der Waals surface area contributed by atoms with Crippen molar-refractivity contribution in [2.75, 3.05) is 26.2 Å². The van der Waals surface area contributed by atoms with Crippen LogP contribution in [0.5, 0.6) is 0 Å². The second-order valence-electron chi connectivity index (χ2n) is 6.34. The summed E-state index contributed by atoms with van der Waals surface area (Å²) in [6.07, 6.45) is -2.55. The Balaban J connectivity index is 1.86. The summed E-state index contributed by atoms with van der Waals surface area (Å²) in [5.41, 5.74) is 0.0704. The Labute approximate surface area is 139 Å². The number of hydrogen-bond donors (Lipinski definition) is 2. The smallest absolute Gasteiger partial charge is 0.396 e. The molecule has 1 saturated heterocycles. The number of likely N-dealkylation sites (tertiary alicyclic amines) is 1. The lowest BCUT2D eigenvalue weighted by Crippen LogP contribution is -2.46. The molecular formula is C17H23F3N2O2. The number of benzene rings is 1. The van der Waals surface area contributed by atoms with Crippen molar-refractivity contribution >= 4 is 6.03 Å². The number of halogens is 3. The van der Waals surface area contributed by atoms with Crippen LogP contribution in [0.2, 0.25) is 0 Å². The van der Waals surface area contributed by atoms with Crippen molar-refractivity contribution in [3.8, 4) is 0 Å². The fourth-order valence-corrected chi connectivity index (χ4v) is 2.87. The first-order valence-corrected chi connectivity index (χ1v) is 8.12. The number of nitrogens with one attached hydrogen (secondary N) is 1. The molecule has 1 heterocycles. The van der Waals surface area contributed by atoms with Crippen LogP contribution in [0.25, 0.3) is 0 Å². The maximum Gasteiger partial charge on any atom is 0.416 e. The SMILES string of the molecule is CC(CNC(=O)N1CCCC(CO)C1)c1ccc(C(F)(F)F)cc1. The summed E-state index contributed by atoms with van der Waals surface area (Å²) < 4.78 is 37.7. The molecule has 0 aromatic heterocycles. The zero-order valence-corrected chi connectivity index (χ0v) is 13.6. The fraction of sp³-hybridized carbons (Fsp3) is 0.588. The fourth-order valence-electron chi connectivity index (χ4n) is 2.87. The van der Waals surface area contributed by atoms with E-state index < -0.39 is 11.7 Å². The van der Waals surface area contributed by atoms with E-state index in [9.17, 15) is 23.1 Å². The Morgan fingerprint density at radius 2 is 2.04 bits per heavy atom. The van der Waals surface area contributed by atoms with Gasteiger partial charge in [0.25, 0.3) is 0 Å². The minimum atomic E-state index is -4.34. The van der Waals surface area contributed by atoms with E-state index in [2.05, 4.69) is 5.32 Å². The van der Waals surface area contributed by atoms with Gasteiger partial charge >= 0.3 is 12.2 Å². The van der Waals surface area contributed by atoms with Crippen LogP contribution in [0.4, 0.5) is 18.0 Å². The molecule has 24 heavy (non-hydrogen) atoms. The van der Waals surface area contributed by atoms with Crippen LogP contribution in [-0.4, -0.2) is 42.3 Å². The summed E-state index contributed by atoms with van der Waals surface area (Å²) in [4.78, 5) is 13.8. The van der Waals surface area contributed by atoms with Gasteiger partial charge in [0.15, 0.2) is 0 Å². The first-order valence-electron chi connectivity index (χ1n) is 8.12. The van der Waals surface area contributed by atoms with Crippen molar-refractivity contribution in [1.82, 2.24) is 10.2 Å². The number of aliphatic hydroxyl groups excluding tert-OH is 1. The molecule has 0 saturated carbocycles. The van der Waals surface area contributed by atoms with Gasteiger partial charge in [0, 0.05) is 26.2 Å². The number of aliphatic hydroxyl groups is 1. The van der Waals surface area contributed by atoms with Gasteiger partial charge in [0.2, 0.25) is 0 Å². The summed E-state index contributed by atoms with van der Waals surface area (Å²) in [7, 11) is 0. The number of carbonyl (C=O) groups is 1. The molecule has 0 aliphatic carbocycles. The molecule has 7 heteroatoms. The third-order valence-corrected chi connectivity index (χ3v) is 4.43. The van der Waals surface area contributed by atoms with Gasteiger partial charge in [-0.3, -0.25) is 0 Å². The normalized spacial score (nSPS) is 19.9. The minimum absolute atomic E-state index is 0.0751. The molecule has 2 N–H and O–H groups in total. The van der Waals surface area contributed by atoms with E-state index in [4.69, 9.17) is 0 Å². The second-order valence-corrected chi connectivity index (χ2v) is 6.34. The van der Waals surface area contributed by atoms with Crippen LogP contribution >= 0.6 is 0 Å². The van der Waals surface area contributed by atoms with Gasteiger partial charge < -0.3 is 15.3 Å². The molecule has 2 atom stereocenters. The summed E-state index contributed by atoms with van der Waals surface area (Å²) in [6, 6.07) is 4.82. The van der Waals surface area contributed by atoms with Gasteiger partial charge in [-0.25, -0.2) is 4.79 Å². The lowest BCUT2D eigenvalue weighted by atomic mass is 9.99. The molecule has 2 unspecified atom stereocenters. The molecular weight excluding hydrogens is 321 g/mol.